The second kappa shape index (κ2) is 6.46. The molecular weight excluding hydrogens is 284 g/mol. The summed E-state index contributed by atoms with van der Waals surface area (Å²) in [7, 11) is -3.40. The molecule has 1 fully saturated rings. The lowest BCUT2D eigenvalue weighted by Gasteiger charge is -2.19. The van der Waals surface area contributed by atoms with Crippen LogP contribution in [-0.2, 0) is 16.6 Å². The van der Waals surface area contributed by atoms with Gasteiger partial charge in [0.1, 0.15) is 0 Å². The summed E-state index contributed by atoms with van der Waals surface area (Å²) in [6.45, 7) is 7.62. The van der Waals surface area contributed by atoms with E-state index in [1.165, 1.54) is 0 Å². The molecule has 1 aliphatic rings. The van der Waals surface area contributed by atoms with Gasteiger partial charge in [0.05, 0.1) is 4.90 Å². The molecular formula is C16H26N2O2S. The zero-order valence-corrected chi connectivity index (χ0v) is 14.0. The van der Waals surface area contributed by atoms with Crippen LogP contribution in [0.4, 0.5) is 0 Å². The lowest BCUT2D eigenvalue weighted by molar-refractivity contribution is 0.444. The second-order valence-electron chi connectivity index (χ2n) is 6.05. The third-order valence-electron chi connectivity index (χ3n) is 4.48. The standard InChI is InChI=1S/C16H26N2O2S/c1-4-5-14-6-7-18(11-14)21(19,20)16-9-15(10-17)8-12(2)13(16)3/h8-9,14H,4-7,10-11,17H2,1-3H3. The van der Waals surface area contributed by atoms with E-state index in [0.717, 1.165) is 36.0 Å². The van der Waals surface area contributed by atoms with Crippen molar-refractivity contribution in [3.63, 3.8) is 0 Å². The van der Waals surface area contributed by atoms with E-state index in [1.807, 2.05) is 19.9 Å². The minimum Gasteiger partial charge on any atom is -0.326 e. The fourth-order valence-electron chi connectivity index (χ4n) is 3.08. The third kappa shape index (κ3) is 3.30. The molecule has 1 aromatic rings. The van der Waals surface area contributed by atoms with Crippen molar-refractivity contribution in [1.29, 1.82) is 0 Å². The first-order valence-corrected chi connectivity index (χ1v) is 9.14. The predicted octanol–water partition coefficient (Wildman–Crippen LogP) is 2.57. The van der Waals surface area contributed by atoms with Gasteiger partial charge in [-0.3, -0.25) is 0 Å². The molecule has 0 aliphatic carbocycles. The largest absolute Gasteiger partial charge is 0.326 e. The van der Waals surface area contributed by atoms with Gasteiger partial charge in [-0.05, 0) is 55.4 Å². The van der Waals surface area contributed by atoms with Gasteiger partial charge in [-0.15, -0.1) is 0 Å². The van der Waals surface area contributed by atoms with Gasteiger partial charge < -0.3 is 5.73 Å². The van der Waals surface area contributed by atoms with Crippen molar-refractivity contribution >= 4 is 10.0 Å². The van der Waals surface area contributed by atoms with E-state index in [2.05, 4.69) is 6.92 Å². The zero-order chi connectivity index (χ0) is 15.6. The van der Waals surface area contributed by atoms with Crippen LogP contribution in [0.2, 0.25) is 0 Å². The Morgan fingerprint density at radius 1 is 1.33 bits per heavy atom. The molecule has 0 amide bonds. The average Bonchev–Trinajstić information content (AvgIpc) is 2.91. The maximum atomic E-state index is 12.9. The first-order valence-electron chi connectivity index (χ1n) is 7.70. The minimum atomic E-state index is -3.40. The van der Waals surface area contributed by atoms with Crippen molar-refractivity contribution in [3.8, 4) is 0 Å². The van der Waals surface area contributed by atoms with Crippen LogP contribution in [0.5, 0.6) is 0 Å². The van der Waals surface area contributed by atoms with Crippen molar-refractivity contribution in [2.45, 2.75) is 51.5 Å². The van der Waals surface area contributed by atoms with Gasteiger partial charge >= 0.3 is 0 Å². The van der Waals surface area contributed by atoms with Gasteiger partial charge in [0, 0.05) is 19.6 Å². The maximum Gasteiger partial charge on any atom is 0.243 e. The molecule has 21 heavy (non-hydrogen) atoms. The fourth-order valence-corrected chi connectivity index (χ4v) is 4.96. The normalized spacial score (nSPS) is 20.1. The highest BCUT2D eigenvalue weighted by atomic mass is 32.2. The Hall–Kier alpha value is -0.910. The molecule has 0 radical (unpaired) electrons. The van der Waals surface area contributed by atoms with E-state index in [9.17, 15) is 8.42 Å². The van der Waals surface area contributed by atoms with Gasteiger partial charge in [0.15, 0.2) is 0 Å². The molecule has 5 heteroatoms. The number of nitrogens with zero attached hydrogens (tertiary/aromatic N) is 1. The number of sulfonamides is 1. The van der Waals surface area contributed by atoms with Crippen LogP contribution in [0.3, 0.4) is 0 Å². The number of nitrogens with two attached hydrogens (primary N) is 1. The number of hydrogen-bond donors (Lipinski definition) is 1. The SMILES string of the molecule is CCCC1CCN(S(=O)(=O)c2cc(CN)cc(C)c2C)C1. The van der Waals surface area contributed by atoms with Gasteiger partial charge in [0.2, 0.25) is 10.0 Å². The first kappa shape index (κ1) is 16.5. The lowest BCUT2D eigenvalue weighted by Crippen LogP contribution is -2.29. The molecule has 1 unspecified atom stereocenters. The number of rotatable bonds is 5. The van der Waals surface area contributed by atoms with Crippen LogP contribution in [0.1, 0.15) is 42.9 Å². The van der Waals surface area contributed by atoms with Crippen LogP contribution in [0, 0.1) is 19.8 Å². The summed E-state index contributed by atoms with van der Waals surface area (Å²) >= 11 is 0. The third-order valence-corrected chi connectivity index (χ3v) is 6.47. The van der Waals surface area contributed by atoms with E-state index in [4.69, 9.17) is 5.73 Å². The highest BCUT2D eigenvalue weighted by Gasteiger charge is 2.33. The molecule has 2 rings (SSSR count). The Labute approximate surface area is 128 Å². The second-order valence-corrected chi connectivity index (χ2v) is 7.95. The predicted molar refractivity (Wildman–Crippen MR) is 85.6 cm³/mol. The molecule has 1 aliphatic heterocycles. The van der Waals surface area contributed by atoms with Crippen molar-refractivity contribution in [1.82, 2.24) is 4.31 Å². The summed E-state index contributed by atoms with van der Waals surface area (Å²) in [6, 6.07) is 3.71. The monoisotopic (exact) mass is 310 g/mol. The van der Waals surface area contributed by atoms with E-state index in [0.29, 0.717) is 30.4 Å². The van der Waals surface area contributed by atoms with Crippen molar-refractivity contribution in [2.24, 2.45) is 11.7 Å². The van der Waals surface area contributed by atoms with Gasteiger partial charge in [-0.25, -0.2) is 8.42 Å². The Morgan fingerprint density at radius 2 is 2.05 bits per heavy atom. The summed E-state index contributed by atoms with van der Waals surface area (Å²) < 4.78 is 27.5. The Balaban J connectivity index is 2.34. The number of hydrogen-bond acceptors (Lipinski definition) is 3. The molecule has 1 atom stereocenters. The fraction of sp³-hybridized carbons (Fsp3) is 0.625. The van der Waals surface area contributed by atoms with E-state index in [-0.39, 0.29) is 0 Å². The van der Waals surface area contributed by atoms with Gasteiger partial charge in [-0.1, -0.05) is 19.4 Å². The highest BCUT2D eigenvalue weighted by molar-refractivity contribution is 7.89. The lowest BCUT2D eigenvalue weighted by atomic mass is 10.0. The molecule has 1 heterocycles. The Kier molecular flexibility index (Phi) is 5.07. The van der Waals surface area contributed by atoms with Crippen LogP contribution in [0.15, 0.2) is 17.0 Å². The van der Waals surface area contributed by atoms with Crippen molar-refractivity contribution < 1.29 is 8.42 Å². The van der Waals surface area contributed by atoms with Crippen LogP contribution >= 0.6 is 0 Å². The topological polar surface area (TPSA) is 63.4 Å². The molecule has 1 aromatic carbocycles. The van der Waals surface area contributed by atoms with Crippen LogP contribution in [-0.4, -0.2) is 25.8 Å². The Bertz CT molecular complexity index is 611. The smallest absolute Gasteiger partial charge is 0.243 e. The van der Waals surface area contributed by atoms with Gasteiger partial charge in [-0.2, -0.15) is 4.31 Å². The summed E-state index contributed by atoms with van der Waals surface area (Å²) in [6.07, 6.45) is 3.19. The maximum absolute atomic E-state index is 12.9. The molecule has 0 aromatic heterocycles. The summed E-state index contributed by atoms with van der Waals surface area (Å²) in [5, 5.41) is 0. The molecule has 0 spiro atoms. The van der Waals surface area contributed by atoms with E-state index < -0.39 is 10.0 Å². The Morgan fingerprint density at radius 3 is 2.67 bits per heavy atom. The van der Waals surface area contributed by atoms with Crippen molar-refractivity contribution in [3.05, 3.63) is 28.8 Å². The summed E-state index contributed by atoms with van der Waals surface area (Å²) in [4.78, 5) is 0.431. The molecule has 118 valence electrons. The van der Waals surface area contributed by atoms with Crippen molar-refractivity contribution in [2.75, 3.05) is 13.1 Å². The van der Waals surface area contributed by atoms with E-state index in [1.54, 1.807) is 10.4 Å². The quantitative estimate of drug-likeness (QED) is 0.909. The first-order chi connectivity index (χ1) is 9.90. The van der Waals surface area contributed by atoms with E-state index >= 15 is 0 Å². The molecule has 1 saturated heterocycles. The molecule has 0 bridgehead atoms. The summed E-state index contributed by atoms with van der Waals surface area (Å²) in [5.41, 5.74) is 8.39. The molecule has 4 nitrogen and oxygen atoms in total. The van der Waals surface area contributed by atoms with Gasteiger partial charge in [0.25, 0.3) is 0 Å². The minimum absolute atomic E-state index is 0.363. The zero-order valence-electron chi connectivity index (χ0n) is 13.2. The van der Waals surface area contributed by atoms with Crippen LogP contribution in [0.25, 0.3) is 0 Å². The highest BCUT2D eigenvalue weighted by Crippen LogP contribution is 2.30. The molecule has 2 N–H and O–H groups in total. The average molecular weight is 310 g/mol. The van der Waals surface area contributed by atoms with Crippen LogP contribution < -0.4 is 5.73 Å². The molecule has 0 saturated carbocycles. The number of aryl methyl sites for hydroxylation is 1. The number of benzene rings is 1. The summed E-state index contributed by atoms with van der Waals surface area (Å²) in [5.74, 6) is 0.504.